The Bertz CT molecular complexity index is 1280. The zero-order valence-corrected chi connectivity index (χ0v) is 18.6. The molecule has 0 saturated carbocycles. The third kappa shape index (κ3) is 4.01. The molecular formula is C23H23F3N4O3. The van der Waals surface area contributed by atoms with Crippen molar-refractivity contribution in [3.8, 4) is 11.4 Å². The number of hydrogen-bond acceptors (Lipinski definition) is 4. The molecule has 10 heteroatoms. The fourth-order valence-corrected chi connectivity index (χ4v) is 4.23. The number of carbonyl (C=O) groups excluding carboxylic acids is 1. The van der Waals surface area contributed by atoms with Crippen molar-refractivity contribution in [1.82, 2.24) is 19.0 Å². The zero-order chi connectivity index (χ0) is 24.1. The Morgan fingerprint density at radius 1 is 1.18 bits per heavy atom. The number of benzene rings is 1. The summed E-state index contributed by atoms with van der Waals surface area (Å²) in [7, 11) is 1.29. The van der Waals surface area contributed by atoms with E-state index in [1.165, 1.54) is 29.0 Å². The number of alkyl halides is 3. The molecule has 0 spiro atoms. The van der Waals surface area contributed by atoms with E-state index in [-0.39, 0.29) is 23.5 Å². The van der Waals surface area contributed by atoms with Gasteiger partial charge >= 0.3 is 6.18 Å². The molecule has 0 saturated heterocycles. The number of rotatable bonds is 4. The Hall–Kier alpha value is -3.56. The second-order valence-corrected chi connectivity index (χ2v) is 8.17. The summed E-state index contributed by atoms with van der Waals surface area (Å²) in [5.41, 5.74) is 0.407. The van der Waals surface area contributed by atoms with E-state index in [9.17, 15) is 22.8 Å². The van der Waals surface area contributed by atoms with Crippen molar-refractivity contribution in [2.75, 3.05) is 7.11 Å². The molecule has 1 aromatic carbocycles. The molecule has 0 fully saturated rings. The first kappa shape index (κ1) is 22.6. The van der Waals surface area contributed by atoms with E-state index in [1.54, 1.807) is 43.7 Å². The minimum Gasteiger partial charge on any atom is -0.497 e. The minimum atomic E-state index is -4.55. The lowest BCUT2D eigenvalue weighted by Gasteiger charge is -2.39. The van der Waals surface area contributed by atoms with Crippen molar-refractivity contribution in [2.24, 2.45) is 0 Å². The molecule has 4 rings (SSSR count). The van der Waals surface area contributed by atoms with Gasteiger partial charge in [-0.05, 0) is 56.7 Å². The molecule has 1 amide bonds. The van der Waals surface area contributed by atoms with Crippen LogP contribution in [0, 0.1) is 6.92 Å². The number of amides is 1. The second kappa shape index (κ2) is 8.09. The lowest BCUT2D eigenvalue weighted by atomic mass is 9.99. The number of ether oxygens (including phenoxy) is 1. The summed E-state index contributed by atoms with van der Waals surface area (Å²) in [4.78, 5) is 32.1. The van der Waals surface area contributed by atoms with Crippen LogP contribution < -0.4 is 10.3 Å². The third-order valence-electron chi connectivity index (χ3n) is 5.91. The number of methoxy groups -OCH3 is 1. The maximum Gasteiger partial charge on any atom is 0.416 e. The Morgan fingerprint density at radius 2 is 1.91 bits per heavy atom. The molecule has 2 atom stereocenters. The highest BCUT2D eigenvalue weighted by atomic mass is 19.4. The van der Waals surface area contributed by atoms with Crippen LogP contribution >= 0.6 is 0 Å². The molecular weight excluding hydrogens is 437 g/mol. The summed E-state index contributed by atoms with van der Waals surface area (Å²) in [6, 6.07) is 5.45. The van der Waals surface area contributed by atoms with Crippen molar-refractivity contribution in [2.45, 2.75) is 45.6 Å². The number of aromatic nitrogens is 3. The highest BCUT2D eigenvalue weighted by Crippen LogP contribution is 2.36. The van der Waals surface area contributed by atoms with Crippen LogP contribution in [0.1, 0.15) is 47.2 Å². The number of nitrogens with zero attached hydrogens (tertiary/aromatic N) is 4. The van der Waals surface area contributed by atoms with Gasteiger partial charge in [-0.2, -0.15) is 13.2 Å². The van der Waals surface area contributed by atoms with Gasteiger partial charge in [0.1, 0.15) is 17.1 Å². The highest BCUT2D eigenvalue weighted by Gasteiger charge is 2.37. The first-order valence-corrected chi connectivity index (χ1v) is 10.3. The molecule has 1 aliphatic rings. The van der Waals surface area contributed by atoms with Crippen LogP contribution in [0.15, 0.2) is 47.7 Å². The predicted molar refractivity (Wildman–Crippen MR) is 115 cm³/mol. The van der Waals surface area contributed by atoms with Crippen LogP contribution in [-0.4, -0.2) is 38.1 Å². The zero-order valence-electron chi connectivity index (χ0n) is 18.6. The molecule has 3 aromatic rings. The van der Waals surface area contributed by atoms with Gasteiger partial charge in [-0.3, -0.25) is 9.59 Å². The minimum absolute atomic E-state index is 0.0562. The van der Waals surface area contributed by atoms with Gasteiger partial charge in [0.25, 0.3) is 11.5 Å². The van der Waals surface area contributed by atoms with E-state index in [0.29, 0.717) is 11.3 Å². The first-order chi connectivity index (χ1) is 15.5. The van der Waals surface area contributed by atoms with Gasteiger partial charge in [0.05, 0.1) is 30.7 Å². The van der Waals surface area contributed by atoms with E-state index >= 15 is 0 Å². The fourth-order valence-electron chi connectivity index (χ4n) is 4.23. The van der Waals surface area contributed by atoms with E-state index in [0.717, 1.165) is 17.8 Å². The number of aryl methyl sites for hydroxylation is 1. The van der Waals surface area contributed by atoms with Crippen LogP contribution in [0.5, 0.6) is 5.75 Å². The molecule has 0 radical (unpaired) electrons. The van der Waals surface area contributed by atoms with Crippen LogP contribution in [-0.2, 0) is 12.7 Å². The summed E-state index contributed by atoms with van der Waals surface area (Å²) in [6.45, 7) is 5.45. The molecule has 174 valence electrons. The predicted octanol–water partition coefficient (Wildman–Crippen LogP) is 3.98. The molecule has 3 heterocycles. The molecule has 0 N–H and O–H groups in total. The number of carbonyl (C=O) groups is 1. The van der Waals surface area contributed by atoms with Crippen molar-refractivity contribution >= 4 is 5.91 Å². The Balaban J connectivity index is 1.73. The average molecular weight is 460 g/mol. The van der Waals surface area contributed by atoms with E-state index < -0.39 is 29.7 Å². The Labute approximate surface area is 188 Å². The largest absolute Gasteiger partial charge is 0.497 e. The van der Waals surface area contributed by atoms with E-state index in [2.05, 4.69) is 4.98 Å². The third-order valence-corrected chi connectivity index (χ3v) is 5.91. The van der Waals surface area contributed by atoms with Gasteiger partial charge in [0.15, 0.2) is 0 Å². The summed E-state index contributed by atoms with van der Waals surface area (Å²) in [5, 5.41) is 0. The number of halogens is 3. The van der Waals surface area contributed by atoms with Gasteiger partial charge < -0.3 is 18.8 Å². The summed E-state index contributed by atoms with van der Waals surface area (Å²) >= 11 is 0. The highest BCUT2D eigenvalue weighted by molar-refractivity contribution is 5.94. The Morgan fingerprint density at radius 3 is 2.52 bits per heavy atom. The summed E-state index contributed by atoms with van der Waals surface area (Å²) in [6.07, 6.45) is -1.31. The number of pyridine rings is 1. The van der Waals surface area contributed by atoms with Crippen LogP contribution in [0.3, 0.4) is 0 Å². The molecule has 33 heavy (non-hydrogen) atoms. The van der Waals surface area contributed by atoms with Gasteiger partial charge in [-0.1, -0.05) is 0 Å². The fraction of sp³-hybridized carbons (Fsp3) is 0.348. The Kier molecular flexibility index (Phi) is 5.55. The van der Waals surface area contributed by atoms with Gasteiger partial charge in [0.2, 0.25) is 0 Å². The number of hydrogen-bond donors (Lipinski definition) is 0. The van der Waals surface area contributed by atoms with Crippen molar-refractivity contribution in [1.29, 1.82) is 0 Å². The molecule has 2 aromatic heterocycles. The van der Waals surface area contributed by atoms with Gasteiger partial charge in [0, 0.05) is 18.8 Å². The SMILES string of the molecule is COc1cc(C(C)N2C(=O)c3ccc(-n4cnc(C)c4)c(=O)n3CC2C)cc(C(F)(F)F)c1. The number of fused-ring (bicyclic) bond motifs is 1. The molecule has 0 aliphatic carbocycles. The monoisotopic (exact) mass is 460 g/mol. The maximum atomic E-state index is 13.4. The van der Waals surface area contributed by atoms with Crippen LogP contribution in [0.2, 0.25) is 0 Å². The maximum absolute atomic E-state index is 13.4. The molecule has 1 aliphatic heterocycles. The van der Waals surface area contributed by atoms with Crippen molar-refractivity contribution in [3.05, 3.63) is 75.7 Å². The van der Waals surface area contributed by atoms with Gasteiger partial charge in [-0.15, -0.1) is 0 Å². The van der Waals surface area contributed by atoms with Gasteiger partial charge in [-0.25, -0.2) is 4.98 Å². The lowest BCUT2D eigenvalue weighted by Crippen LogP contribution is -2.50. The molecule has 2 unspecified atom stereocenters. The smallest absolute Gasteiger partial charge is 0.416 e. The standard InChI is InChI=1S/C23H23F3N4O3/c1-13-10-28(12-27-13)19-5-6-20-22(32)30(14(2)11-29(20)21(19)31)15(3)16-7-17(23(24,25)26)9-18(8-16)33-4/h5-10,12,14-15H,11H2,1-4H3. The quantitative estimate of drug-likeness (QED) is 0.591. The molecule has 0 bridgehead atoms. The van der Waals surface area contributed by atoms with Crippen molar-refractivity contribution < 1.29 is 22.7 Å². The summed E-state index contributed by atoms with van der Waals surface area (Å²) < 4.78 is 48.2. The first-order valence-electron chi connectivity index (χ1n) is 10.3. The van der Waals surface area contributed by atoms with Crippen LogP contribution in [0.4, 0.5) is 13.2 Å². The van der Waals surface area contributed by atoms with E-state index in [4.69, 9.17) is 4.74 Å². The second-order valence-electron chi connectivity index (χ2n) is 8.17. The van der Waals surface area contributed by atoms with E-state index in [1.807, 2.05) is 0 Å². The molecule has 7 nitrogen and oxygen atoms in total. The normalized spacial score (nSPS) is 17.1. The van der Waals surface area contributed by atoms with Crippen molar-refractivity contribution in [3.63, 3.8) is 0 Å². The number of imidazole rings is 1. The van der Waals surface area contributed by atoms with Crippen LogP contribution in [0.25, 0.3) is 5.69 Å². The summed E-state index contributed by atoms with van der Waals surface area (Å²) in [5.74, 6) is -0.372. The topological polar surface area (TPSA) is 69.4 Å². The average Bonchev–Trinajstić information content (AvgIpc) is 3.19. The lowest BCUT2D eigenvalue weighted by molar-refractivity contribution is -0.137.